The van der Waals surface area contributed by atoms with Gasteiger partial charge >= 0.3 is 6.09 Å². The van der Waals surface area contributed by atoms with E-state index >= 15 is 0 Å². The van der Waals surface area contributed by atoms with E-state index in [2.05, 4.69) is 10.5 Å². The van der Waals surface area contributed by atoms with E-state index in [1.54, 1.807) is 5.38 Å². The molecule has 7 heteroatoms. The van der Waals surface area contributed by atoms with Gasteiger partial charge in [0.05, 0.1) is 0 Å². The van der Waals surface area contributed by atoms with Gasteiger partial charge < -0.3 is 21.0 Å². The second-order valence-corrected chi connectivity index (χ2v) is 5.96. The molecule has 0 aliphatic carbocycles. The van der Waals surface area contributed by atoms with Crippen LogP contribution in [0.4, 0.5) is 4.79 Å². The highest BCUT2D eigenvalue weighted by Crippen LogP contribution is 2.15. The van der Waals surface area contributed by atoms with Gasteiger partial charge in [0.1, 0.15) is 5.60 Å². The van der Waals surface area contributed by atoms with Crippen LogP contribution in [0, 0.1) is 0 Å². The molecule has 1 rings (SSSR count). The molecule has 1 amide bonds. The quantitative estimate of drug-likeness (QED) is 0.341. The molecule has 106 valence electrons. The fourth-order valence-corrected chi connectivity index (χ4v) is 2.19. The topological polar surface area (TPSA) is 96.9 Å². The summed E-state index contributed by atoms with van der Waals surface area (Å²) in [5, 5.41) is 16.0. The van der Waals surface area contributed by atoms with Crippen LogP contribution in [0.1, 0.15) is 31.2 Å². The van der Waals surface area contributed by atoms with Gasteiger partial charge in [-0.25, -0.2) is 4.79 Å². The number of nitrogens with two attached hydrogens (primary N) is 1. The molecular formula is C12H19N3O3S. The Morgan fingerprint density at radius 1 is 1.58 bits per heavy atom. The highest BCUT2D eigenvalue weighted by Gasteiger charge is 2.15. The third kappa shape index (κ3) is 5.60. The smallest absolute Gasteiger partial charge is 0.407 e. The maximum Gasteiger partial charge on any atom is 0.407 e. The summed E-state index contributed by atoms with van der Waals surface area (Å²) in [7, 11) is 0. The molecule has 0 aliphatic heterocycles. The molecule has 1 heterocycles. The van der Waals surface area contributed by atoms with Gasteiger partial charge in [-0.15, -0.1) is 11.3 Å². The lowest BCUT2D eigenvalue weighted by molar-refractivity contribution is 0.0528. The Labute approximate surface area is 116 Å². The van der Waals surface area contributed by atoms with Gasteiger partial charge in [0.2, 0.25) is 0 Å². The first-order valence-corrected chi connectivity index (χ1v) is 6.72. The molecular weight excluding hydrogens is 266 g/mol. The molecule has 0 bridgehead atoms. The van der Waals surface area contributed by atoms with Gasteiger partial charge in [-0.3, -0.25) is 0 Å². The summed E-state index contributed by atoms with van der Waals surface area (Å²) < 4.78 is 5.12. The Morgan fingerprint density at radius 3 is 2.84 bits per heavy atom. The van der Waals surface area contributed by atoms with Crippen LogP contribution in [-0.4, -0.2) is 29.3 Å². The summed E-state index contributed by atoms with van der Waals surface area (Å²) >= 11 is 1.49. The second-order valence-electron chi connectivity index (χ2n) is 4.97. The molecule has 6 nitrogen and oxygen atoms in total. The number of hydrogen-bond acceptors (Lipinski definition) is 5. The fourth-order valence-electron chi connectivity index (χ4n) is 1.31. The summed E-state index contributed by atoms with van der Waals surface area (Å²) in [6, 6.07) is 1.83. The van der Waals surface area contributed by atoms with Gasteiger partial charge in [-0.05, 0) is 33.3 Å². The number of oxime groups is 1. The third-order valence-electron chi connectivity index (χ3n) is 2.10. The Kier molecular flexibility index (Phi) is 5.17. The van der Waals surface area contributed by atoms with E-state index in [1.807, 2.05) is 26.8 Å². The largest absolute Gasteiger partial charge is 0.444 e. The van der Waals surface area contributed by atoms with Gasteiger partial charge in [0, 0.05) is 22.4 Å². The van der Waals surface area contributed by atoms with E-state index in [0.29, 0.717) is 18.5 Å². The number of carbonyl (C=O) groups is 1. The Morgan fingerprint density at radius 2 is 2.26 bits per heavy atom. The van der Waals surface area contributed by atoms with Crippen molar-refractivity contribution in [1.82, 2.24) is 5.32 Å². The lowest BCUT2D eigenvalue weighted by atomic mass is 10.2. The molecule has 1 aromatic heterocycles. The molecule has 0 radical (unpaired) electrons. The van der Waals surface area contributed by atoms with Gasteiger partial charge in [0.25, 0.3) is 0 Å². The number of nitrogens with one attached hydrogen (secondary N) is 1. The summed E-state index contributed by atoms with van der Waals surface area (Å²) in [6.45, 7) is 5.92. The van der Waals surface area contributed by atoms with E-state index in [-0.39, 0.29) is 5.84 Å². The number of amides is 1. The van der Waals surface area contributed by atoms with Crippen LogP contribution >= 0.6 is 11.3 Å². The summed E-state index contributed by atoms with van der Waals surface area (Å²) in [6.07, 6.45) is 0.239. The first-order valence-electron chi connectivity index (χ1n) is 5.84. The summed E-state index contributed by atoms with van der Waals surface area (Å²) in [4.78, 5) is 12.4. The van der Waals surface area contributed by atoms with Crippen molar-refractivity contribution in [3.05, 3.63) is 21.9 Å². The third-order valence-corrected chi connectivity index (χ3v) is 3.09. The van der Waals surface area contributed by atoms with Crippen molar-refractivity contribution < 1.29 is 14.7 Å². The van der Waals surface area contributed by atoms with Crippen molar-refractivity contribution in [3.8, 4) is 0 Å². The van der Waals surface area contributed by atoms with E-state index in [9.17, 15) is 4.79 Å². The summed E-state index contributed by atoms with van der Waals surface area (Å²) in [5.41, 5.74) is 5.66. The number of alkyl carbamates (subject to hydrolysis) is 1. The molecule has 0 fully saturated rings. The van der Waals surface area contributed by atoms with Crippen LogP contribution in [0.3, 0.4) is 0 Å². The SMILES string of the molecule is CC(C)(C)OC(=O)NCCc1cc(C(N)=NO)cs1. The van der Waals surface area contributed by atoms with Crippen molar-refractivity contribution >= 4 is 23.3 Å². The van der Waals surface area contributed by atoms with E-state index in [0.717, 1.165) is 4.88 Å². The van der Waals surface area contributed by atoms with E-state index < -0.39 is 11.7 Å². The number of hydrogen-bond donors (Lipinski definition) is 3. The first-order chi connectivity index (χ1) is 8.81. The minimum atomic E-state index is -0.494. The van der Waals surface area contributed by atoms with E-state index in [1.165, 1.54) is 11.3 Å². The minimum Gasteiger partial charge on any atom is -0.444 e. The zero-order chi connectivity index (χ0) is 14.5. The molecule has 0 spiro atoms. The van der Waals surface area contributed by atoms with Crippen molar-refractivity contribution in [3.63, 3.8) is 0 Å². The molecule has 0 saturated heterocycles. The monoisotopic (exact) mass is 285 g/mol. The maximum absolute atomic E-state index is 11.4. The number of thiophene rings is 1. The predicted octanol–water partition coefficient (Wildman–Crippen LogP) is 1.91. The molecule has 1 aromatic rings. The minimum absolute atomic E-state index is 0.0857. The average molecular weight is 285 g/mol. The standard InChI is InChI=1S/C12H19N3O3S/c1-12(2,3)18-11(16)14-5-4-9-6-8(7-19-9)10(13)15-17/h6-7,17H,4-5H2,1-3H3,(H2,13,15)(H,14,16). The van der Waals surface area contributed by atoms with Crippen LogP contribution in [0.2, 0.25) is 0 Å². The van der Waals surface area contributed by atoms with Crippen molar-refractivity contribution in [1.29, 1.82) is 0 Å². The van der Waals surface area contributed by atoms with Crippen molar-refractivity contribution in [2.24, 2.45) is 10.9 Å². The van der Waals surface area contributed by atoms with Crippen LogP contribution in [0.5, 0.6) is 0 Å². The molecule has 19 heavy (non-hydrogen) atoms. The van der Waals surface area contributed by atoms with Gasteiger partial charge in [0.15, 0.2) is 5.84 Å². The second kappa shape index (κ2) is 6.42. The van der Waals surface area contributed by atoms with E-state index in [4.69, 9.17) is 15.7 Å². The number of rotatable bonds is 4. The Balaban J connectivity index is 2.38. The summed E-state index contributed by atoms with van der Waals surface area (Å²) in [5.74, 6) is 0.0857. The highest BCUT2D eigenvalue weighted by molar-refractivity contribution is 7.10. The molecule has 0 unspecified atom stereocenters. The molecule has 0 aliphatic rings. The van der Waals surface area contributed by atoms with Crippen molar-refractivity contribution in [2.45, 2.75) is 32.8 Å². The van der Waals surface area contributed by atoms with Crippen LogP contribution in [0.25, 0.3) is 0 Å². The first kappa shape index (κ1) is 15.3. The Bertz CT molecular complexity index is 463. The number of amidine groups is 1. The lowest BCUT2D eigenvalue weighted by Gasteiger charge is -2.19. The molecule has 4 N–H and O–H groups in total. The molecule has 0 aromatic carbocycles. The average Bonchev–Trinajstić information content (AvgIpc) is 2.74. The van der Waals surface area contributed by atoms with Gasteiger partial charge in [-0.1, -0.05) is 5.16 Å². The maximum atomic E-state index is 11.4. The lowest BCUT2D eigenvalue weighted by Crippen LogP contribution is -2.33. The Hall–Kier alpha value is -1.76. The normalized spacial score (nSPS) is 12.3. The van der Waals surface area contributed by atoms with Gasteiger partial charge in [-0.2, -0.15) is 0 Å². The highest BCUT2D eigenvalue weighted by atomic mass is 32.1. The number of ether oxygens (including phenoxy) is 1. The van der Waals surface area contributed by atoms with Crippen LogP contribution in [0.15, 0.2) is 16.6 Å². The van der Waals surface area contributed by atoms with Crippen molar-refractivity contribution in [2.75, 3.05) is 6.54 Å². The zero-order valence-corrected chi connectivity index (χ0v) is 12.1. The zero-order valence-electron chi connectivity index (χ0n) is 11.3. The number of nitrogens with zero attached hydrogens (tertiary/aromatic N) is 1. The van der Waals surface area contributed by atoms with Crippen LogP contribution in [-0.2, 0) is 11.2 Å². The van der Waals surface area contributed by atoms with Crippen LogP contribution < -0.4 is 11.1 Å². The molecule has 0 atom stereocenters. The number of carbonyl (C=O) groups excluding carboxylic acids is 1. The predicted molar refractivity (Wildman–Crippen MR) is 74.8 cm³/mol. The fraction of sp³-hybridized carbons (Fsp3) is 0.500. The molecule has 0 saturated carbocycles.